The number of anilines is 1. The van der Waals surface area contributed by atoms with E-state index < -0.39 is 0 Å². The van der Waals surface area contributed by atoms with E-state index in [9.17, 15) is 9.59 Å². The van der Waals surface area contributed by atoms with Crippen molar-refractivity contribution in [1.29, 1.82) is 0 Å². The first-order valence-corrected chi connectivity index (χ1v) is 8.97. The number of carbonyl (C=O) groups is 2. The molecule has 1 atom stereocenters. The molecule has 1 N–H and O–H groups in total. The van der Waals surface area contributed by atoms with Gasteiger partial charge in [0.05, 0.1) is 13.7 Å². The Morgan fingerprint density at radius 2 is 2.20 bits per heavy atom. The summed E-state index contributed by atoms with van der Waals surface area (Å²) in [6, 6.07) is 11.0. The van der Waals surface area contributed by atoms with Crippen LogP contribution in [0, 0.1) is 0 Å². The van der Waals surface area contributed by atoms with Gasteiger partial charge in [-0.1, -0.05) is 12.1 Å². The maximum atomic E-state index is 12.6. The van der Waals surface area contributed by atoms with Crippen LogP contribution in [0.1, 0.15) is 11.8 Å². The summed E-state index contributed by atoms with van der Waals surface area (Å²) in [5, 5.41) is 4.86. The molecule has 1 unspecified atom stereocenters. The average molecular weight is 359 g/mol. The Labute approximate surface area is 151 Å². The van der Waals surface area contributed by atoms with Gasteiger partial charge in [-0.25, -0.2) is 4.79 Å². The van der Waals surface area contributed by atoms with Crippen LogP contribution in [0.2, 0.25) is 0 Å². The maximum Gasteiger partial charge on any atom is 0.318 e. The second-order valence-corrected chi connectivity index (χ2v) is 6.95. The van der Waals surface area contributed by atoms with E-state index in [1.54, 1.807) is 28.2 Å². The number of nitrogens with one attached hydrogen (secondary N) is 1. The number of rotatable bonds is 4. The zero-order chi connectivity index (χ0) is 17.8. The molecule has 1 aliphatic rings. The summed E-state index contributed by atoms with van der Waals surface area (Å²) < 4.78 is 5.22. The number of ether oxygens (including phenoxy) is 1. The highest BCUT2D eigenvalue weighted by molar-refractivity contribution is 7.09. The highest BCUT2D eigenvalue weighted by Crippen LogP contribution is 2.24. The summed E-state index contributed by atoms with van der Waals surface area (Å²) in [4.78, 5) is 29.4. The normalized spacial score (nSPS) is 17.5. The van der Waals surface area contributed by atoms with E-state index in [1.165, 1.54) is 0 Å². The summed E-state index contributed by atoms with van der Waals surface area (Å²) in [5.74, 6) is 0.603. The largest absolute Gasteiger partial charge is 0.497 e. The molecule has 0 spiro atoms. The Bertz CT molecular complexity index is 748. The van der Waals surface area contributed by atoms with E-state index in [1.807, 2.05) is 48.7 Å². The lowest BCUT2D eigenvalue weighted by molar-refractivity contribution is -0.121. The standard InChI is InChI=1S/C18H21N3O3S/c1-13-11-21(14-5-3-6-15(9-14)24-2)17(22)12-20(13)18(23)19-10-16-7-4-8-25-16/h3-9,13H,10-12H2,1-2H3,(H,19,23). The third kappa shape index (κ3) is 3.93. The molecule has 2 heterocycles. The van der Waals surface area contributed by atoms with Crippen molar-refractivity contribution in [3.63, 3.8) is 0 Å². The summed E-state index contributed by atoms with van der Waals surface area (Å²) in [7, 11) is 1.60. The molecule has 0 aliphatic carbocycles. The number of urea groups is 1. The van der Waals surface area contributed by atoms with Crippen LogP contribution in [0.3, 0.4) is 0 Å². The predicted octanol–water partition coefficient (Wildman–Crippen LogP) is 2.70. The summed E-state index contributed by atoms with van der Waals surface area (Å²) in [6.07, 6.45) is 0. The number of carbonyl (C=O) groups excluding carboxylic acids is 2. The van der Waals surface area contributed by atoms with E-state index >= 15 is 0 Å². The third-order valence-corrected chi connectivity index (χ3v) is 5.08. The molecule has 0 bridgehead atoms. The second kappa shape index (κ2) is 7.57. The molecule has 3 amide bonds. The molecule has 2 aromatic rings. The van der Waals surface area contributed by atoms with Gasteiger partial charge in [0, 0.05) is 29.2 Å². The van der Waals surface area contributed by atoms with Crippen LogP contribution in [0.15, 0.2) is 41.8 Å². The number of amides is 3. The van der Waals surface area contributed by atoms with E-state index in [4.69, 9.17) is 4.74 Å². The molecule has 6 nitrogen and oxygen atoms in total. The zero-order valence-electron chi connectivity index (χ0n) is 14.3. The van der Waals surface area contributed by atoms with E-state index in [-0.39, 0.29) is 24.5 Å². The SMILES string of the molecule is COc1cccc(N2CC(C)N(C(=O)NCc3cccs3)CC2=O)c1. The molecule has 1 aromatic heterocycles. The van der Waals surface area contributed by atoms with Crippen molar-refractivity contribution in [3.05, 3.63) is 46.7 Å². The van der Waals surface area contributed by atoms with Crippen molar-refractivity contribution < 1.29 is 14.3 Å². The van der Waals surface area contributed by atoms with Crippen LogP contribution in [0.4, 0.5) is 10.5 Å². The van der Waals surface area contributed by atoms with Gasteiger partial charge >= 0.3 is 6.03 Å². The van der Waals surface area contributed by atoms with Gasteiger partial charge in [-0.2, -0.15) is 0 Å². The number of methoxy groups -OCH3 is 1. The van der Waals surface area contributed by atoms with Crippen LogP contribution >= 0.6 is 11.3 Å². The Kier molecular flexibility index (Phi) is 5.23. The van der Waals surface area contributed by atoms with Gasteiger partial charge < -0.3 is 19.9 Å². The van der Waals surface area contributed by atoms with Gasteiger partial charge in [0.15, 0.2) is 0 Å². The van der Waals surface area contributed by atoms with Crippen molar-refractivity contribution in [2.24, 2.45) is 0 Å². The summed E-state index contributed by atoms with van der Waals surface area (Å²) in [5.41, 5.74) is 0.787. The van der Waals surface area contributed by atoms with Gasteiger partial charge in [-0.3, -0.25) is 4.79 Å². The third-order valence-electron chi connectivity index (χ3n) is 4.21. The van der Waals surface area contributed by atoms with Crippen molar-refractivity contribution in [2.45, 2.75) is 19.5 Å². The number of thiophene rings is 1. The van der Waals surface area contributed by atoms with E-state index in [0.717, 1.165) is 10.6 Å². The van der Waals surface area contributed by atoms with Gasteiger partial charge in [0.25, 0.3) is 0 Å². The predicted molar refractivity (Wildman–Crippen MR) is 98.1 cm³/mol. The lowest BCUT2D eigenvalue weighted by Gasteiger charge is -2.39. The fourth-order valence-corrected chi connectivity index (χ4v) is 3.47. The Morgan fingerprint density at radius 1 is 1.36 bits per heavy atom. The van der Waals surface area contributed by atoms with E-state index in [0.29, 0.717) is 18.8 Å². The molecule has 1 aromatic carbocycles. The van der Waals surface area contributed by atoms with Crippen molar-refractivity contribution in [3.8, 4) is 5.75 Å². The number of hydrogen-bond acceptors (Lipinski definition) is 4. The molecule has 7 heteroatoms. The Hall–Kier alpha value is -2.54. The van der Waals surface area contributed by atoms with Crippen molar-refractivity contribution >= 4 is 29.0 Å². The molecular weight excluding hydrogens is 338 g/mol. The minimum Gasteiger partial charge on any atom is -0.497 e. The van der Waals surface area contributed by atoms with Crippen LogP contribution in [0.25, 0.3) is 0 Å². The number of benzene rings is 1. The highest BCUT2D eigenvalue weighted by atomic mass is 32.1. The average Bonchev–Trinajstić information content (AvgIpc) is 3.15. The quantitative estimate of drug-likeness (QED) is 0.913. The number of nitrogens with zero attached hydrogens (tertiary/aromatic N) is 2. The maximum absolute atomic E-state index is 12.6. The van der Waals surface area contributed by atoms with Crippen LogP contribution in [0.5, 0.6) is 5.75 Å². The number of hydrogen-bond donors (Lipinski definition) is 1. The van der Waals surface area contributed by atoms with Crippen LogP contribution < -0.4 is 15.0 Å². The van der Waals surface area contributed by atoms with Crippen molar-refractivity contribution in [1.82, 2.24) is 10.2 Å². The van der Waals surface area contributed by atoms with Crippen LogP contribution in [-0.2, 0) is 11.3 Å². The molecule has 1 aliphatic heterocycles. The van der Waals surface area contributed by atoms with Crippen LogP contribution in [-0.4, -0.2) is 43.1 Å². The molecule has 25 heavy (non-hydrogen) atoms. The zero-order valence-corrected chi connectivity index (χ0v) is 15.1. The van der Waals surface area contributed by atoms with Gasteiger partial charge in [0.2, 0.25) is 5.91 Å². The molecule has 0 radical (unpaired) electrons. The Morgan fingerprint density at radius 3 is 2.92 bits per heavy atom. The van der Waals surface area contributed by atoms with E-state index in [2.05, 4.69) is 5.32 Å². The molecule has 3 rings (SSSR count). The molecule has 132 valence electrons. The fourth-order valence-electron chi connectivity index (χ4n) is 2.83. The molecular formula is C18H21N3O3S. The monoisotopic (exact) mass is 359 g/mol. The molecule has 1 fully saturated rings. The first-order chi connectivity index (χ1) is 12.1. The topological polar surface area (TPSA) is 61.9 Å². The lowest BCUT2D eigenvalue weighted by atomic mass is 10.1. The van der Waals surface area contributed by atoms with Crippen molar-refractivity contribution in [2.75, 3.05) is 25.1 Å². The van der Waals surface area contributed by atoms with Gasteiger partial charge in [0.1, 0.15) is 12.3 Å². The first kappa shape index (κ1) is 17.3. The minimum absolute atomic E-state index is 0.0641. The van der Waals surface area contributed by atoms with Gasteiger partial charge in [-0.05, 0) is 30.5 Å². The fraction of sp³-hybridized carbons (Fsp3) is 0.333. The Balaban J connectivity index is 1.65. The lowest BCUT2D eigenvalue weighted by Crippen LogP contribution is -2.59. The molecule has 1 saturated heterocycles. The number of piperazine rings is 1. The van der Waals surface area contributed by atoms with Gasteiger partial charge in [-0.15, -0.1) is 11.3 Å². The first-order valence-electron chi connectivity index (χ1n) is 8.09. The summed E-state index contributed by atoms with van der Waals surface area (Å²) in [6.45, 7) is 2.95. The second-order valence-electron chi connectivity index (χ2n) is 5.92. The smallest absolute Gasteiger partial charge is 0.318 e. The highest BCUT2D eigenvalue weighted by Gasteiger charge is 2.33. The minimum atomic E-state index is -0.209. The summed E-state index contributed by atoms with van der Waals surface area (Å²) >= 11 is 1.59. The molecule has 0 saturated carbocycles.